The number of rotatable bonds is 0. The second kappa shape index (κ2) is 4.04. The molecule has 54 valence electrons. The van der Waals surface area contributed by atoms with Crippen LogP contribution < -0.4 is 0 Å². The van der Waals surface area contributed by atoms with Gasteiger partial charge in [0.25, 0.3) is 0 Å². The van der Waals surface area contributed by atoms with Crippen LogP contribution in [0.3, 0.4) is 0 Å². The SMILES string of the molecule is CC1CSCC(S)CS1. The van der Waals surface area contributed by atoms with Gasteiger partial charge in [-0.05, 0) is 0 Å². The molecule has 1 saturated heterocycles. The molecule has 0 aromatic rings. The van der Waals surface area contributed by atoms with E-state index in [1.54, 1.807) is 0 Å². The van der Waals surface area contributed by atoms with Crippen molar-refractivity contribution in [2.75, 3.05) is 17.3 Å². The zero-order chi connectivity index (χ0) is 6.69. The third-order valence-corrected chi connectivity index (χ3v) is 5.01. The smallest absolute Gasteiger partial charge is 0.0198 e. The van der Waals surface area contributed by atoms with Gasteiger partial charge in [-0.2, -0.15) is 36.2 Å². The molecule has 2 atom stereocenters. The highest BCUT2D eigenvalue weighted by atomic mass is 32.2. The van der Waals surface area contributed by atoms with Crippen molar-refractivity contribution < 1.29 is 0 Å². The first-order chi connectivity index (χ1) is 4.29. The predicted molar refractivity (Wildman–Crippen MR) is 52.0 cm³/mol. The molecule has 3 heteroatoms. The van der Waals surface area contributed by atoms with Crippen molar-refractivity contribution in [3.63, 3.8) is 0 Å². The quantitative estimate of drug-likeness (QED) is 0.567. The maximum absolute atomic E-state index is 4.43. The Morgan fingerprint density at radius 1 is 1.33 bits per heavy atom. The van der Waals surface area contributed by atoms with Gasteiger partial charge in [-0.15, -0.1) is 0 Å². The van der Waals surface area contributed by atoms with E-state index in [1.807, 2.05) is 23.5 Å². The minimum atomic E-state index is 0.630. The maximum atomic E-state index is 4.43. The Kier molecular flexibility index (Phi) is 3.66. The Morgan fingerprint density at radius 2 is 2.11 bits per heavy atom. The zero-order valence-electron chi connectivity index (χ0n) is 5.54. The van der Waals surface area contributed by atoms with Crippen molar-refractivity contribution in [3.05, 3.63) is 0 Å². The summed E-state index contributed by atoms with van der Waals surface area (Å²) in [6, 6.07) is 0. The highest BCUT2D eigenvalue weighted by Gasteiger charge is 2.12. The van der Waals surface area contributed by atoms with Crippen LogP contribution in [0.2, 0.25) is 0 Å². The summed E-state index contributed by atoms with van der Waals surface area (Å²) in [5.41, 5.74) is 0. The molecule has 0 N–H and O–H groups in total. The average Bonchev–Trinajstić information content (AvgIpc) is 1.97. The molecular weight excluding hydrogens is 168 g/mol. The molecule has 0 bridgehead atoms. The van der Waals surface area contributed by atoms with Crippen molar-refractivity contribution >= 4 is 36.2 Å². The first-order valence-electron chi connectivity index (χ1n) is 3.16. The van der Waals surface area contributed by atoms with Crippen LogP contribution in [0.1, 0.15) is 6.92 Å². The van der Waals surface area contributed by atoms with E-state index in [-0.39, 0.29) is 0 Å². The molecule has 0 nitrogen and oxygen atoms in total. The number of thioether (sulfide) groups is 2. The summed E-state index contributed by atoms with van der Waals surface area (Å²) >= 11 is 8.51. The molecule has 1 heterocycles. The van der Waals surface area contributed by atoms with E-state index < -0.39 is 0 Å². The van der Waals surface area contributed by atoms with Gasteiger partial charge in [-0.1, -0.05) is 6.92 Å². The van der Waals surface area contributed by atoms with Gasteiger partial charge in [-0.3, -0.25) is 0 Å². The monoisotopic (exact) mass is 180 g/mol. The minimum absolute atomic E-state index is 0.630. The van der Waals surface area contributed by atoms with Gasteiger partial charge in [0.05, 0.1) is 0 Å². The molecule has 0 radical (unpaired) electrons. The Labute approximate surface area is 71.0 Å². The average molecular weight is 180 g/mol. The summed E-state index contributed by atoms with van der Waals surface area (Å²) < 4.78 is 0. The highest BCUT2D eigenvalue weighted by molar-refractivity contribution is 8.05. The van der Waals surface area contributed by atoms with Crippen molar-refractivity contribution in [1.82, 2.24) is 0 Å². The van der Waals surface area contributed by atoms with Crippen LogP contribution >= 0.6 is 36.2 Å². The van der Waals surface area contributed by atoms with Gasteiger partial charge in [0.2, 0.25) is 0 Å². The standard InChI is InChI=1S/C6H12S3/c1-5-2-8-3-6(7)4-9-5/h5-7H,2-4H2,1H3. The van der Waals surface area contributed by atoms with E-state index in [4.69, 9.17) is 0 Å². The van der Waals surface area contributed by atoms with Crippen LogP contribution in [0.25, 0.3) is 0 Å². The molecule has 0 aromatic carbocycles. The third-order valence-electron chi connectivity index (χ3n) is 1.24. The van der Waals surface area contributed by atoms with E-state index >= 15 is 0 Å². The van der Waals surface area contributed by atoms with Crippen LogP contribution in [-0.2, 0) is 0 Å². The summed E-state index contributed by atoms with van der Waals surface area (Å²) in [4.78, 5) is 0. The molecule has 9 heavy (non-hydrogen) atoms. The molecule has 2 unspecified atom stereocenters. The lowest BCUT2D eigenvalue weighted by Gasteiger charge is -2.04. The van der Waals surface area contributed by atoms with Crippen LogP contribution in [-0.4, -0.2) is 27.8 Å². The largest absolute Gasteiger partial charge is 0.174 e. The Bertz CT molecular complexity index is 74.4. The van der Waals surface area contributed by atoms with Crippen LogP contribution in [0.4, 0.5) is 0 Å². The topological polar surface area (TPSA) is 0 Å². The van der Waals surface area contributed by atoms with Crippen LogP contribution in [0.5, 0.6) is 0 Å². The highest BCUT2D eigenvalue weighted by Crippen LogP contribution is 2.25. The van der Waals surface area contributed by atoms with Gasteiger partial charge in [0.15, 0.2) is 0 Å². The molecule has 1 fully saturated rings. The maximum Gasteiger partial charge on any atom is 0.0198 e. The summed E-state index contributed by atoms with van der Waals surface area (Å²) in [5, 5.41) is 1.47. The van der Waals surface area contributed by atoms with Crippen molar-refractivity contribution in [2.24, 2.45) is 0 Å². The van der Waals surface area contributed by atoms with E-state index in [9.17, 15) is 0 Å². The lowest BCUT2D eigenvalue weighted by molar-refractivity contribution is 1.13. The first kappa shape index (κ1) is 8.15. The van der Waals surface area contributed by atoms with E-state index in [2.05, 4.69) is 19.6 Å². The zero-order valence-corrected chi connectivity index (χ0v) is 8.07. The summed E-state index contributed by atoms with van der Waals surface area (Å²) in [5.74, 6) is 3.78. The van der Waals surface area contributed by atoms with Crippen molar-refractivity contribution in [3.8, 4) is 0 Å². The molecule has 1 aliphatic rings. The fourth-order valence-electron chi connectivity index (χ4n) is 0.742. The molecule has 0 aromatic heterocycles. The Hall–Kier alpha value is 1.05. The summed E-state index contributed by atoms with van der Waals surface area (Å²) in [6.45, 7) is 2.30. The molecule has 0 saturated carbocycles. The number of thiol groups is 1. The Morgan fingerprint density at radius 3 is 2.89 bits per heavy atom. The molecule has 0 amide bonds. The number of hydrogen-bond donors (Lipinski definition) is 1. The fraction of sp³-hybridized carbons (Fsp3) is 1.00. The molecular formula is C6H12S3. The van der Waals surface area contributed by atoms with E-state index in [0.717, 1.165) is 5.25 Å². The molecule has 1 rings (SSSR count). The third kappa shape index (κ3) is 3.10. The molecule has 0 spiro atoms. The van der Waals surface area contributed by atoms with Gasteiger partial charge in [0, 0.05) is 27.8 Å². The van der Waals surface area contributed by atoms with Crippen LogP contribution in [0, 0.1) is 0 Å². The lowest BCUT2D eigenvalue weighted by Crippen LogP contribution is -2.03. The van der Waals surface area contributed by atoms with Gasteiger partial charge < -0.3 is 0 Å². The van der Waals surface area contributed by atoms with Crippen molar-refractivity contribution in [2.45, 2.75) is 17.4 Å². The first-order valence-corrected chi connectivity index (χ1v) is 5.88. The fourth-order valence-corrected chi connectivity index (χ4v) is 3.67. The predicted octanol–water partition coefficient (Wildman–Crippen LogP) is 2.15. The Balaban J connectivity index is 2.25. The van der Waals surface area contributed by atoms with Crippen molar-refractivity contribution in [1.29, 1.82) is 0 Å². The summed E-state index contributed by atoms with van der Waals surface area (Å²) in [7, 11) is 0. The second-order valence-corrected chi connectivity index (χ2v) is 5.61. The van der Waals surface area contributed by atoms with Crippen LogP contribution in [0.15, 0.2) is 0 Å². The van der Waals surface area contributed by atoms with Gasteiger partial charge in [-0.25, -0.2) is 0 Å². The normalized spacial score (nSPS) is 38.0. The van der Waals surface area contributed by atoms with Gasteiger partial charge >= 0.3 is 0 Å². The van der Waals surface area contributed by atoms with E-state index in [1.165, 1.54) is 17.3 Å². The minimum Gasteiger partial charge on any atom is -0.174 e. The lowest BCUT2D eigenvalue weighted by atomic mass is 10.5. The molecule has 1 aliphatic heterocycles. The van der Waals surface area contributed by atoms with Gasteiger partial charge in [0.1, 0.15) is 0 Å². The van der Waals surface area contributed by atoms with E-state index in [0.29, 0.717) is 5.25 Å². The summed E-state index contributed by atoms with van der Waals surface area (Å²) in [6.07, 6.45) is 0. The molecule has 0 aliphatic carbocycles. The second-order valence-electron chi connectivity index (χ2n) is 2.34. The number of hydrogen-bond acceptors (Lipinski definition) is 3.